The number of esters is 2. The van der Waals surface area contributed by atoms with Gasteiger partial charge < -0.3 is 29.6 Å². The first-order valence-corrected chi connectivity index (χ1v) is 13.9. The van der Waals surface area contributed by atoms with Crippen LogP contribution in [0.5, 0.6) is 0 Å². The Morgan fingerprint density at radius 3 is 1.86 bits per heavy atom. The molecule has 13 nitrogen and oxygen atoms in total. The SMILES string of the molecule is CC(C)(C)OC(=O)N[C@H](C(=O)OC(C)(C)C)[C@H](OCc1cccc(NC(=O)c2ccc([N+](=O)[O-])cc2)c1)C(=O)OC(C)(C)C. The molecule has 2 aromatic carbocycles. The number of nitrogens with one attached hydrogen (secondary N) is 2. The molecule has 0 bridgehead atoms. The molecule has 2 rings (SSSR count). The second-order valence-electron chi connectivity index (χ2n) is 12.9. The summed E-state index contributed by atoms with van der Waals surface area (Å²) in [6.45, 7) is 14.5. The number of hydrogen-bond donors (Lipinski definition) is 2. The first kappa shape index (κ1) is 35.7. The summed E-state index contributed by atoms with van der Waals surface area (Å²) in [6.07, 6.45) is -2.61. The summed E-state index contributed by atoms with van der Waals surface area (Å²) in [6, 6.07) is 9.98. The largest absolute Gasteiger partial charge is 0.458 e. The lowest BCUT2D eigenvalue weighted by Crippen LogP contribution is -2.56. The summed E-state index contributed by atoms with van der Waals surface area (Å²) >= 11 is 0. The van der Waals surface area contributed by atoms with Crippen molar-refractivity contribution < 1.29 is 43.0 Å². The molecule has 2 atom stereocenters. The highest BCUT2D eigenvalue weighted by atomic mass is 16.6. The first-order chi connectivity index (χ1) is 20.1. The van der Waals surface area contributed by atoms with Gasteiger partial charge in [0.1, 0.15) is 16.8 Å². The molecule has 13 heteroatoms. The number of carbonyl (C=O) groups is 4. The maximum atomic E-state index is 13.3. The van der Waals surface area contributed by atoms with Gasteiger partial charge in [-0.2, -0.15) is 0 Å². The fourth-order valence-corrected chi connectivity index (χ4v) is 3.58. The van der Waals surface area contributed by atoms with Crippen LogP contribution in [0.4, 0.5) is 16.2 Å². The normalized spacial score (nSPS) is 13.2. The van der Waals surface area contributed by atoms with Crippen LogP contribution in [0.3, 0.4) is 0 Å². The predicted molar refractivity (Wildman–Crippen MR) is 161 cm³/mol. The number of amides is 2. The number of alkyl carbamates (subject to hydrolysis) is 1. The van der Waals surface area contributed by atoms with Crippen molar-refractivity contribution >= 4 is 35.3 Å². The highest BCUT2D eigenvalue weighted by Gasteiger charge is 2.42. The molecule has 0 fully saturated rings. The van der Waals surface area contributed by atoms with Gasteiger partial charge in [0, 0.05) is 23.4 Å². The van der Waals surface area contributed by atoms with Crippen molar-refractivity contribution in [2.24, 2.45) is 0 Å². The number of nitro benzene ring substituents is 1. The van der Waals surface area contributed by atoms with Crippen molar-refractivity contribution in [1.82, 2.24) is 5.32 Å². The van der Waals surface area contributed by atoms with E-state index in [1.165, 1.54) is 24.3 Å². The number of anilines is 1. The van der Waals surface area contributed by atoms with Crippen LogP contribution >= 0.6 is 0 Å². The number of ether oxygens (including phenoxy) is 4. The van der Waals surface area contributed by atoms with Crippen molar-refractivity contribution in [2.75, 3.05) is 5.32 Å². The van der Waals surface area contributed by atoms with E-state index in [1.807, 2.05) is 0 Å². The Labute approximate surface area is 256 Å². The van der Waals surface area contributed by atoms with Gasteiger partial charge in [-0.05, 0) is 92.1 Å². The van der Waals surface area contributed by atoms with Gasteiger partial charge in [-0.15, -0.1) is 0 Å². The van der Waals surface area contributed by atoms with Crippen LogP contribution in [-0.4, -0.2) is 57.8 Å². The van der Waals surface area contributed by atoms with Crippen LogP contribution in [-0.2, 0) is 35.1 Å². The third kappa shape index (κ3) is 12.4. The molecule has 0 aliphatic rings. The number of carbonyl (C=O) groups excluding carboxylic acids is 4. The number of nitrogens with zero attached hydrogens (tertiary/aromatic N) is 1. The Balaban J connectivity index is 2.33. The monoisotopic (exact) mass is 615 g/mol. The summed E-state index contributed by atoms with van der Waals surface area (Å²) in [5, 5.41) is 16.0. The standard InChI is InChI=1S/C31H41N3O10/c1-29(2,3)42-26(36)23(33-28(38)44-31(7,8)9)24(27(37)43-30(4,5)6)41-18-19-11-10-12-21(17-19)32-25(35)20-13-15-22(16-14-20)34(39)40/h10-17,23-24H,18H2,1-9H3,(H,32,35)(H,33,38)/t23-,24-/m0/s1. The van der Waals surface area contributed by atoms with Gasteiger partial charge in [0.05, 0.1) is 11.5 Å². The Morgan fingerprint density at radius 1 is 0.795 bits per heavy atom. The molecule has 44 heavy (non-hydrogen) atoms. The van der Waals surface area contributed by atoms with Crippen LogP contribution in [0.2, 0.25) is 0 Å². The topological polar surface area (TPSA) is 172 Å². The van der Waals surface area contributed by atoms with Gasteiger partial charge in [0.2, 0.25) is 0 Å². The molecule has 0 saturated heterocycles. The van der Waals surface area contributed by atoms with E-state index in [9.17, 15) is 29.3 Å². The number of nitro groups is 1. The zero-order valence-corrected chi connectivity index (χ0v) is 26.5. The highest BCUT2D eigenvalue weighted by Crippen LogP contribution is 2.20. The molecule has 0 aliphatic carbocycles. The minimum Gasteiger partial charge on any atom is -0.458 e. The lowest BCUT2D eigenvalue weighted by Gasteiger charge is -2.31. The fourth-order valence-electron chi connectivity index (χ4n) is 3.58. The number of benzene rings is 2. The van der Waals surface area contributed by atoms with E-state index < -0.39 is 57.8 Å². The van der Waals surface area contributed by atoms with Gasteiger partial charge in [-0.25, -0.2) is 14.4 Å². The molecule has 2 aromatic rings. The van der Waals surface area contributed by atoms with Crippen LogP contribution in [0.15, 0.2) is 48.5 Å². The van der Waals surface area contributed by atoms with E-state index in [1.54, 1.807) is 86.6 Å². The molecule has 0 radical (unpaired) electrons. The molecule has 0 unspecified atom stereocenters. The summed E-state index contributed by atoms with van der Waals surface area (Å²) in [7, 11) is 0. The average molecular weight is 616 g/mol. The summed E-state index contributed by atoms with van der Waals surface area (Å²) in [5.74, 6) is -2.37. The fraction of sp³-hybridized carbons (Fsp3) is 0.484. The zero-order chi connectivity index (χ0) is 33.5. The molecule has 0 aromatic heterocycles. The van der Waals surface area contributed by atoms with Gasteiger partial charge >= 0.3 is 18.0 Å². The van der Waals surface area contributed by atoms with Gasteiger partial charge in [-0.1, -0.05) is 12.1 Å². The molecule has 0 saturated carbocycles. The number of non-ortho nitro benzene ring substituents is 1. The van der Waals surface area contributed by atoms with Crippen LogP contribution in [0, 0.1) is 10.1 Å². The third-order valence-electron chi connectivity index (χ3n) is 5.23. The molecule has 2 N–H and O–H groups in total. The van der Waals surface area contributed by atoms with E-state index in [4.69, 9.17) is 18.9 Å². The van der Waals surface area contributed by atoms with Crippen LogP contribution in [0.25, 0.3) is 0 Å². The summed E-state index contributed by atoms with van der Waals surface area (Å²) in [5.41, 5.74) is -1.88. The molecule has 0 spiro atoms. The Morgan fingerprint density at radius 2 is 1.34 bits per heavy atom. The molecular weight excluding hydrogens is 574 g/mol. The molecule has 0 aliphatic heterocycles. The van der Waals surface area contributed by atoms with E-state index >= 15 is 0 Å². The Hall–Kier alpha value is -4.52. The lowest BCUT2D eigenvalue weighted by molar-refractivity contribution is -0.384. The van der Waals surface area contributed by atoms with E-state index in [2.05, 4.69) is 10.6 Å². The van der Waals surface area contributed by atoms with Crippen molar-refractivity contribution in [3.8, 4) is 0 Å². The Bertz CT molecular complexity index is 1350. The zero-order valence-electron chi connectivity index (χ0n) is 26.5. The quantitative estimate of drug-likeness (QED) is 0.154. The minimum atomic E-state index is -1.64. The maximum Gasteiger partial charge on any atom is 0.408 e. The smallest absolute Gasteiger partial charge is 0.408 e. The van der Waals surface area contributed by atoms with Crippen molar-refractivity contribution in [3.63, 3.8) is 0 Å². The third-order valence-corrected chi connectivity index (χ3v) is 5.23. The second-order valence-corrected chi connectivity index (χ2v) is 12.9. The number of rotatable bonds is 10. The predicted octanol–water partition coefficient (Wildman–Crippen LogP) is 5.31. The maximum absolute atomic E-state index is 13.3. The van der Waals surface area contributed by atoms with Gasteiger partial charge in [0.25, 0.3) is 11.6 Å². The average Bonchev–Trinajstić information content (AvgIpc) is 2.85. The van der Waals surface area contributed by atoms with Crippen LogP contribution in [0.1, 0.15) is 78.2 Å². The van der Waals surface area contributed by atoms with E-state index in [0.29, 0.717) is 11.3 Å². The van der Waals surface area contributed by atoms with Gasteiger partial charge in [0.15, 0.2) is 12.1 Å². The molecular formula is C31H41N3O10. The summed E-state index contributed by atoms with van der Waals surface area (Å²) < 4.78 is 22.2. The van der Waals surface area contributed by atoms with Crippen molar-refractivity contribution in [3.05, 3.63) is 69.8 Å². The van der Waals surface area contributed by atoms with Crippen LogP contribution < -0.4 is 10.6 Å². The second kappa shape index (κ2) is 14.3. The van der Waals surface area contributed by atoms with Crippen molar-refractivity contribution in [2.45, 2.75) is 97.9 Å². The van der Waals surface area contributed by atoms with Gasteiger partial charge in [-0.3, -0.25) is 14.9 Å². The van der Waals surface area contributed by atoms with E-state index in [0.717, 1.165) is 0 Å². The lowest BCUT2D eigenvalue weighted by atomic mass is 10.1. The van der Waals surface area contributed by atoms with Crippen molar-refractivity contribution in [1.29, 1.82) is 0 Å². The Kier molecular flexibility index (Phi) is 11.6. The molecule has 240 valence electrons. The first-order valence-electron chi connectivity index (χ1n) is 13.9. The van der Waals surface area contributed by atoms with E-state index in [-0.39, 0.29) is 17.9 Å². The molecule has 0 heterocycles. The molecule has 2 amide bonds. The highest BCUT2D eigenvalue weighted by molar-refractivity contribution is 6.04. The minimum absolute atomic E-state index is 0.147. The summed E-state index contributed by atoms with van der Waals surface area (Å²) in [4.78, 5) is 62.4. The number of hydrogen-bond acceptors (Lipinski definition) is 10.